The second-order valence-corrected chi connectivity index (χ2v) is 6.56. The Kier molecular flexibility index (Phi) is 7.56. The number of anilines is 1. The molecule has 0 saturated heterocycles. The lowest BCUT2D eigenvalue weighted by molar-refractivity contribution is 0.102. The summed E-state index contributed by atoms with van der Waals surface area (Å²) in [5.74, 6) is 2.19. The van der Waals surface area contributed by atoms with Crippen molar-refractivity contribution in [3.05, 3.63) is 59.9 Å². The van der Waals surface area contributed by atoms with Gasteiger partial charge in [-0.3, -0.25) is 4.79 Å². The van der Waals surface area contributed by atoms with E-state index in [1.165, 1.54) is 0 Å². The van der Waals surface area contributed by atoms with Gasteiger partial charge in [0.15, 0.2) is 11.5 Å². The highest BCUT2D eigenvalue weighted by molar-refractivity contribution is 6.05. The van der Waals surface area contributed by atoms with Gasteiger partial charge >= 0.3 is 0 Å². The Balaban J connectivity index is 1.88. The minimum absolute atomic E-state index is 0.168. The largest absolute Gasteiger partial charge is 0.490 e. The number of carbonyl (C=O) groups is 1. The molecule has 0 bridgehead atoms. The van der Waals surface area contributed by atoms with Gasteiger partial charge in [0.2, 0.25) is 5.75 Å². The van der Waals surface area contributed by atoms with E-state index >= 15 is 0 Å². The standard InChI is InChI=1S/C24H27NO6/c1-4-28-21-13-17(14-22(29-5-2)23(21)30-6-3)24(27)25-18-9-7-8-16(12-18)20-11-10-19(15-26)31-20/h7-14,26H,4-6,15H2,1-3H3,(H,25,27). The van der Waals surface area contributed by atoms with Gasteiger partial charge < -0.3 is 29.1 Å². The molecule has 1 aromatic heterocycles. The Morgan fingerprint density at radius 2 is 1.61 bits per heavy atom. The second kappa shape index (κ2) is 10.5. The normalized spacial score (nSPS) is 10.6. The second-order valence-electron chi connectivity index (χ2n) is 6.56. The number of carbonyl (C=O) groups excluding carboxylic acids is 1. The summed E-state index contributed by atoms with van der Waals surface area (Å²) in [5, 5.41) is 12.1. The van der Waals surface area contributed by atoms with Gasteiger partial charge in [-0.25, -0.2) is 0 Å². The molecular weight excluding hydrogens is 398 g/mol. The van der Waals surface area contributed by atoms with E-state index in [1.54, 1.807) is 36.4 Å². The van der Waals surface area contributed by atoms with E-state index in [1.807, 2.05) is 32.9 Å². The summed E-state index contributed by atoms with van der Waals surface area (Å²) in [4.78, 5) is 13.0. The van der Waals surface area contributed by atoms with Crippen LogP contribution in [0.1, 0.15) is 36.9 Å². The Morgan fingerprint density at radius 1 is 0.935 bits per heavy atom. The zero-order chi connectivity index (χ0) is 22.2. The summed E-state index contributed by atoms with van der Waals surface area (Å²) in [6.07, 6.45) is 0. The van der Waals surface area contributed by atoms with Gasteiger partial charge in [0.1, 0.15) is 18.1 Å². The van der Waals surface area contributed by atoms with Gasteiger partial charge in [-0.2, -0.15) is 0 Å². The van der Waals surface area contributed by atoms with E-state index in [2.05, 4.69) is 5.32 Å². The molecule has 3 aromatic rings. The minimum atomic E-state index is -0.308. The maximum atomic E-state index is 13.0. The molecule has 1 heterocycles. The van der Waals surface area contributed by atoms with Crippen LogP contribution in [0.3, 0.4) is 0 Å². The fraction of sp³-hybridized carbons (Fsp3) is 0.292. The van der Waals surface area contributed by atoms with Crippen molar-refractivity contribution in [2.75, 3.05) is 25.1 Å². The quantitative estimate of drug-likeness (QED) is 0.481. The number of nitrogens with one attached hydrogen (secondary N) is 1. The third kappa shape index (κ3) is 5.38. The zero-order valence-corrected chi connectivity index (χ0v) is 17.9. The van der Waals surface area contributed by atoms with Crippen molar-refractivity contribution in [1.29, 1.82) is 0 Å². The van der Waals surface area contributed by atoms with Gasteiger partial charge in [-0.15, -0.1) is 0 Å². The number of hydrogen-bond donors (Lipinski definition) is 2. The minimum Gasteiger partial charge on any atom is -0.490 e. The van der Waals surface area contributed by atoms with Crippen LogP contribution in [0.5, 0.6) is 17.2 Å². The van der Waals surface area contributed by atoms with E-state index in [0.717, 1.165) is 5.56 Å². The van der Waals surface area contributed by atoms with Gasteiger partial charge in [-0.1, -0.05) is 12.1 Å². The molecule has 0 unspecified atom stereocenters. The van der Waals surface area contributed by atoms with E-state index in [0.29, 0.717) is 59.8 Å². The monoisotopic (exact) mass is 425 g/mol. The van der Waals surface area contributed by atoms with E-state index in [4.69, 9.17) is 18.6 Å². The first-order chi connectivity index (χ1) is 15.1. The molecule has 7 nitrogen and oxygen atoms in total. The van der Waals surface area contributed by atoms with Crippen LogP contribution >= 0.6 is 0 Å². The summed E-state index contributed by atoms with van der Waals surface area (Å²) in [5.41, 5.74) is 1.78. The van der Waals surface area contributed by atoms with Crippen LogP contribution < -0.4 is 19.5 Å². The maximum Gasteiger partial charge on any atom is 0.255 e. The number of furan rings is 1. The Hall–Kier alpha value is -3.45. The lowest BCUT2D eigenvalue weighted by Crippen LogP contribution is -2.13. The average Bonchev–Trinajstić information content (AvgIpc) is 3.26. The number of aliphatic hydroxyl groups excluding tert-OH is 1. The first-order valence-electron chi connectivity index (χ1n) is 10.3. The summed E-state index contributed by atoms with van der Waals surface area (Å²) >= 11 is 0. The predicted octanol–water partition coefficient (Wildman–Crippen LogP) is 4.89. The van der Waals surface area contributed by atoms with Crippen LogP contribution in [0, 0.1) is 0 Å². The molecule has 0 fully saturated rings. The molecule has 0 atom stereocenters. The number of aliphatic hydroxyl groups is 1. The Morgan fingerprint density at radius 3 is 2.19 bits per heavy atom. The number of hydrogen-bond acceptors (Lipinski definition) is 6. The van der Waals surface area contributed by atoms with E-state index in [9.17, 15) is 9.90 Å². The highest BCUT2D eigenvalue weighted by Crippen LogP contribution is 2.39. The summed E-state index contributed by atoms with van der Waals surface area (Å²) in [6.45, 7) is 6.75. The molecule has 2 N–H and O–H groups in total. The maximum absolute atomic E-state index is 13.0. The molecule has 0 spiro atoms. The van der Waals surface area contributed by atoms with Crippen molar-refractivity contribution in [3.8, 4) is 28.6 Å². The van der Waals surface area contributed by atoms with Crippen LogP contribution in [-0.4, -0.2) is 30.8 Å². The van der Waals surface area contributed by atoms with Crippen molar-refractivity contribution in [2.24, 2.45) is 0 Å². The Bertz CT molecular complexity index is 999. The number of ether oxygens (including phenoxy) is 3. The average molecular weight is 425 g/mol. The first kappa shape index (κ1) is 22.2. The van der Waals surface area contributed by atoms with E-state index in [-0.39, 0.29) is 12.5 Å². The van der Waals surface area contributed by atoms with Gasteiger partial charge in [0.05, 0.1) is 19.8 Å². The molecule has 31 heavy (non-hydrogen) atoms. The van der Waals surface area contributed by atoms with Crippen molar-refractivity contribution in [3.63, 3.8) is 0 Å². The topological polar surface area (TPSA) is 90.2 Å². The van der Waals surface area contributed by atoms with Crippen LogP contribution in [0.2, 0.25) is 0 Å². The molecule has 3 rings (SSSR count). The van der Waals surface area contributed by atoms with Crippen molar-refractivity contribution in [2.45, 2.75) is 27.4 Å². The zero-order valence-electron chi connectivity index (χ0n) is 17.9. The lowest BCUT2D eigenvalue weighted by Gasteiger charge is -2.17. The van der Waals surface area contributed by atoms with Crippen LogP contribution in [0.4, 0.5) is 5.69 Å². The van der Waals surface area contributed by atoms with E-state index < -0.39 is 0 Å². The lowest BCUT2D eigenvalue weighted by atomic mass is 10.1. The third-order valence-corrected chi connectivity index (χ3v) is 4.39. The molecule has 0 aliphatic rings. The molecule has 164 valence electrons. The van der Waals surface area contributed by atoms with Gasteiger partial charge in [0.25, 0.3) is 5.91 Å². The molecule has 1 amide bonds. The summed E-state index contributed by atoms with van der Waals surface area (Å²) in [7, 11) is 0. The fourth-order valence-corrected chi connectivity index (χ4v) is 3.09. The number of amides is 1. The molecule has 2 aromatic carbocycles. The SMILES string of the molecule is CCOc1cc(C(=O)Nc2cccc(-c3ccc(CO)o3)c2)cc(OCC)c1OCC. The summed E-state index contributed by atoms with van der Waals surface area (Å²) in [6, 6.07) is 14.1. The van der Waals surface area contributed by atoms with Crippen LogP contribution in [0.15, 0.2) is 52.9 Å². The number of rotatable bonds is 10. The van der Waals surface area contributed by atoms with Gasteiger partial charge in [-0.05, 0) is 57.2 Å². The molecule has 0 aliphatic heterocycles. The number of benzene rings is 2. The van der Waals surface area contributed by atoms with Crippen molar-refractivity contribution < 1.29 is 28.5 Å². The van der Waals surface area contributed by atoms with Gasteiger partial charge in [0, 0.05) is 16.8 Å². The molecule has 0 radical (unpaired) electrons. The van der Waals surface area contributed by atoms with Crippen molar-refractivity contribution >= 4 is 11.6 Å². The smallest absolute Gasteiger partial charge is 0.255 e. The molecule has 0 saturated carbocycles. The highest BCUT2D eigenvalue weighted by Gasteiger charge is 2.18. The predicted molar refractivity (Wildman–Crippen MR) is 118 cm³/mol. The molecular formula is C24H27NO6. The van der Waals surface area contributed by atoms with Crippen LogP contribution in [0.25, 0.3) is 11.3 Å². The summed E-state index contributed by atoms with van der Waals surface area (Å²) < 4.78 is 22.6. The van der Waals surface area contributed by atoms with Crippen LogP contribution in [-0.2, 0) is 6.61 Å². The Labute approximate surface area is 181 Å². The molecule has 0 aliphatic carbocycles. The third-order valence-electron chi connectivity index (χ3n) is 4.39. The van der Waals surface area contributed by atoms with Crippen molar-refractivity contribution in [1.82, 2.24) is 0 Å². The molecule has 7 heteroatoms. The first-order valence-corrected chi connectivity index (χ1v) is 10.3. The fourth-order valence-electron chi connectivity index (χ4n) is 3.09. The highest BCUT2D eigenvalue weighted by atomic mass is 16.5.